The fraction of sp³-hybridized carbons (Fsp3) is 0.824. The van der Waals surface area contributed by atoms with Gasteiger partial charge in [0.15, 0.2) is 0 Å². The molecule has 1 unspecified atom stereocenters. The molecule has 0 saturated carbocycles. The van der Waals surface area contributed by atoms with Crippen LogP contribution in [0, 0.1) is 0 Å². The molecular weight excluding hydrogens is 292 g/mol. The third-order valence-electron chi connectivity index (χ3n) is 3.33. The van der Waals surface area contributed by atoms with E-state index in [9.17, 15) is 4.79 Å². The van der Waals surface area contributed by atoms with Gasteiger partial charge >= 0.3 is 0 Å². The molecule has 1 rings (SSSR count). The van der Waals surface area contributed by atoms with Crippen LogP contribution >= 0.6 is 0 Å². The van der Waals surface area contributed by atoms with Crippen molar-refractivity contribution in [2.45, 2.75) is 91.5 Å². The minimum atomic E-state index is 0.141. The van der Waals surface area contributed by atoms with Crippen LogP contribution in [-0.4, -0.2) is 39.2 Å². The summed E-state index contributed by atoms with van der Waals surface area (Å²) >= 11 is 0. The topological polar surface area (TPSA) is 69.0 Å². The molecule has 0 saturated heterocycles. The first-order chi connectivity index (χ1) is 10.9. The highest BCUT2D eigenvalue weighted by molar-refractivity contribution is 5.76. The van der Waals surface area contributed by atoms with Gasteiger partial charge in [-0.1, -0.05) is 11.6 Å². The first kappa shape index (κ1) is 19.6. The molecule has 0 fully saturated rings. The Morgan fingerprint density at radius 1 is 1.22 bits per heavy atom. The lowest BCUT2D eigenvalue weighted by molar-refractivity contribution is -0.121. The second-order valence-corrected chi connectivity index (χ2v) is 6.71. The summed E-state index contributed by atoms with van der Waals surface area (Å²) in [6, 6.07) is 0.220. The molecule has 1 N–H and O–H groups in total. The van der Waals surface area contributed by atoms with Crippen LogP contribution in [0.5, 0.6) is 0 Å². The summed E-state index contributed by atoms with van der Waals surface area (Å²) < 4.78 is 7.59. The van der Waals surface area contributed by atoms with Crippen molar-refractivity contribution >= 4 is 5.91 Å². The Morgan fingerprint density at radius 2 is 1.96 bits per heavy atom. The van der Waals surface area contributed by atoms with Gasteiger partial charge in [-0.2, -0.15) is 0 Å². The van der Waals surface area contributed by atoms with Crippen LogP contribution in [0.4, 0.5) is 0 Å². The summed E-state index contributed by atoms with van der Waals surface area (Å²) in [5.41, 5.74) is 0.967. The van der Waals surface area contributed by atoms with E-state index >= 15 is 0 Å². The Kier molecular flexibility index (Phi) is 8.84. The van der Waals surface area contributed by atoms with E-state index in [1.807, 2.05) is 38.6 Å². The van der Waals surface area contributed by atoms with Crippen LogP contribution in [0.1, 0.15) is 66.0 Å². The summed E-state index contributed by atoms with van der Waals surface area (Å²) in [5, 5.41) is 11.3. The van der Waals surface area contributed by atoms with E-state index < -0.39 is 0 Å². The number of carbonyl (C=O) groups excluding carboxylic acids is 1. The minimum Gasteiger partial charge on any atom is -0.375 e. The maximum Gasteiger partial charge on any atom is 0.220 e. The second-order valence-electron chi connectivity index (χ2n) is 6.71. The summed E-state index contributed by atoms with van der Waals surface area (Å²) in [6.07, 6.45) is 6.71. The average molecular weight is 324 g/mol. The number of rotatable bonds is 11. The number of ether oxygens (including phenoxy) is 1. The van der Waals surface area contributed by atoms with Gasteiger partial charge in [-0.05, 0) is 47.5 Å². The number of aromatic nitrogens is 3. The highest BCUT2D eigenvalue weighted by atomic mass is 16.5. The quantitative estimate of drug-likeness (QED) is 0.635. The summed E-state index contributed by atoms with van der Waals surface area (Å²) in [7, 11) is 0. The molecule has 0 aliphatic heterocycles. The molecule has 6 nitrogen and oxygen atoms in total. The number of amides is 1. The molecule has 1 aromatic heterocycles. The first-order valence-corrected chi connectivity index (χ1v) is 8.70. The van der Waals surface area contributed by atoms with Crippen LogP contribution < -0.4 is 5.32 Å². The standard InChI is InChI=1S/C17H32N4O2/c1-13(2)18-17(22)9-7-6-8-10-21-12-16(19-20-21)11-15(5)23-14(3)4/h12-15H,6-11H2,1-5H3,(H,18,22). The zero-order valence-electron chi connectivity index (χ0n) is 15.2. The van der Waals surface area contributed by atoms with Gasteiger partial charge in [-0.25, -0.2) is 0 Å². The van der Waals surface area contributed by atoms with Crippen molar-refractivity contribution in [3.8, 4) is 0 Å². The van der Waals surface area contributed by atoms with Crippen LogP contribution in [0.15, 0.2) is 6.20 Å². The zero-order valence-corrected chi connectivity index (χ0v) is 15.2. The molecule has 0 aliphatic rings. The van der Waals surface area contributed by atoms with Gasteiger partial charge in [0.25, 0.3) is 0 Å². The minimum absolute atomic E-state index is 0.141. The van der Waals surface area contributed by atoms with E-state index in [2.05, 4.69) is 22.6 Å². The van der Waals surface area contributed by atoms with Crippen LogP contribution in [0.3, 0.4) is 0 Å². The van der Waals surface area contributed by atoms with Crippen LogP contribution in [-0.2, 0) is 22.5 Å². The normalized spacial score (nSPS) is 12.8. The largest absolute Gasteiger partial charge is 0.375 e. The van der Waals surface area contributed by atoms with Gasteiger partial charge in [0, 0.05) is 31.6 Å². The van der Waals surface area contributed by atoms with Crippen molar-refractivity contribution in [1.29, 1.82) is 0 Å². The lowest BCUT2D eigenvalue weighted by Gasteiger charge is -2.14. The Balaban J connectivity index is 2.18. The van der Waals surface area contributed by atoms with Crippen LogP contribution in [0.25, 0.3) is 0 Å². The van der Waals surface area contributed by atoms with E-state index in [1.165, 1.54) is 0 Å². The van der Waals surface area contributed by atoms with E-state index in [-0.39, 0.29) is 24.2 Å². The van der Waals surface area contributed by atoms with Gasteiger partial charge in [0.05, 0.1) is 17.9 Å². The predicted octanol–water partition coefficient (Wildman–Crippen LogP) is 2.72. The number of carbonyl (C=O) groups is 1. The molecule has 0 aliphatic carbocycles. The first-order valence-electron chi connectivity index (χ1n) is 8.70. The third kappa shape index (κ3) is 9.33. The number of hydrogen-bond acceptors (Lipinski definition) is 4. The molecule has 1 aromatic rings. The molecule has 0 spiro atoms. The Hall–Kier alpha value is -1.43. The Labute approximate surface area is 140 Å². The van der Waals surface area contributed by atoms with E-state index in [0.717, 1.165) is 37.9 Å². The predicted molar refractivity (Wildman–Crippen MR) is 91.2 cm³/mol. The summed E-state index contributed by atoms with van der Waals surface area (Å²) in [5.74, 6) is 0.141. The lowest BCUT2D eigenvalue weighted by atomic mass is 10.2. The third-order valence-corrected chi connectivity index (χ3v) is 3.33. The summed E-state index contributed by atoms with van der Waals surface area (Å²) in [4.78, 5) is 11.5. The highest BCUT2D eigenvalue weighted by Gasteiger charge is 2.09. The van der Waals surface area contributed by atoms with Gasteiger partial charge in [0.2, 0.25) is 5.91 Å². The van der Waals surface area contributed by atoms with Crippen molar-refractivity contribution in [3.05, 3.63) is 11.9 Å². The van der Waals surface area contributed by atoms with Crippen molar-refractivity contribution < 1.29 is 9.53 Å². The second kappa shape index (κ2) is 10.4. The maximum atomic E-state index is 11.5. The van der Waals surface area contributed by atoms with E-state index in [4.69, 9.17) is 4.74 Å². The molecule has 1 heterocycles. The molecule has 6 heteroatoms. The molecular formula is C17H32N4O2. The fourth-order valence-electron chi connectivity index (χ4n) is 2.48. The molecule has 132 valence electrons. The zero-order chi connectivity index (χ0) is 17.2. The van der Waals surface area contributed by atoms with E-state index in [1.54, 1.807) is 0 Å². The van der Waals surface area contributed by atoms with Crippen molar-refractivity contribution in [2.75, 3.05) is 0 Å². The van der Waals surface area contributed by atoms with Gasteiger partial charge in [-0.15, -0.1) is 5.10 Å². The maximum absolute atomic E-state index is 11.5. The number of unbranched alkanes of at least 4 members (excludes halogenated alkanes) is 2. The van der Waals surface area contributed by atoms with Gasteiger partial charge in [-0.3, -0.25) is 9.48 Å². The number of nitrogens with one attached hydrogen (secondary N) is 1. The van der Waals surface area contributed by atoms with Crippen LogP contribution in [0.2, 0.25) is 0 Å². The number of hydrogen-bond donors (Lipinski definition) is 1. The molecule has 0 radical (unpaired) electrons. The van der Waals surface area contributed by atoms with Crippen molar-refractivity contribution in [2.24, 2.45) is 0 Å². The number of nitrogens with zero attached hydrogens (tertiary/aromatic N) is 3. The Morgan fingerprint density at radius 3 is 2.61 bits per heavy atom. The Bertz CT molecular complexity index is 457. The molecule has 1 amide bonds. The highest BCUT2D eigenvalue weighted by Crippen LogP contribution is 2.07. The molecule has 0 bridgehead atoms. The van der Waals surface area contributed by atoms with Gasteiger partial charge < -0.3 is 10.1 Å². The van der Waals surface area contributed by atoms with Crippen molar-refractivity contribution in [3.63, 3.8) is 0 Å². The van der Waals surface area contributed by atoms with Gasteiger partial charge in [0.1, 0.15) is 0 Å². The average Bonchev–Trinajstić information content (AvgIpc) is 2.83. The van der Waals surface area contributed by atoms with Crippen molar-refractivity contribution in [1.82, 2.24) is 20.3 Å². The molecule has 23 heavy (non-hydrogen) atoms. The monoisotopic (exact) mass is 324 g/mol. The lowest BCUT2D eigenvalue weighted by Crippen LogP contribution is -2.29. The van der Waals surface area contributed by atoms with E-state index in [0.29, 0.717) is 6.42 Å². The number of aryl methyl sites for hydroxylation is 1. The summed E-state index contributed by atoms with van der Waals surface area (Å²) in [6.45, 7) is 10.9. The molecule has 1 atom stereocenters. The smallest absolute Gasteiger partial charge is 0.220 e. The molecule has 0 aromatic carbocycles. The fourth-order valence-corrected chi connectivity index (χ4v) is 2.48. The SMILES string of the molecule is CC(C)NC(=O)CCCCCn1cc(CC(C)OC(C)C)nn1.